The van der Waals surface area contributed by atoms with Crippen molar-refractivity contribution in [1.82, 2.24) is 0 Å². The molecular weight excluding hydrogens is 304 g/mol. The van der Waals surface area contributed by atoms with Crippen LogP contribution < -0.4 is 4.74 Å². The number of benzene rings is 1. The molecule has 0 radical (unpaired) electrons. The number of hydrogen-bond acceptors (Lipinski definition) is 5. The molecule has 7 heteroatoms. The first-order valence-corrected chi connectivity index (χ1v) is 8.32. The summed E-state index contributed by atoms with van der Waals surface area (Å²) in [4.78, 5) is 11.6. The Morgan fingerprint density at radius 1 is 1.35 bits per heavy atom. The number of methoxy groups -OCH3 is 1. The van der Waals surface area contributed by atoms with E-state index in [4.69, 9.17) is 20.2 Å². The van der Waals surface area contributed by atoms with Crippen molar-refractivity contribution < 1.29 is 22.7 Å². The fourth-order valence-corrected chi connectivity index (χ4v) is 2.31. The topological polar surface area (TPSA) is 69.7 Å². The SMILES string of the molecule is COc1ccc(S(=O)(=O)Cl)cc1CC(=O)OCC(C)C. The van der Waals surface area contributed by atoms with Crippen LogP contribution in [0.3, 0.4) is 0 Å². The highest BCUT2D eigenvalue weighted by molar-refractivity contribution is 8.13. The van der Waals surface area contributed by atoms with Gasteiger partial charge in [0.1, 0.15) is 5.75 Å². The lowest BCUT2D eigenvalue weighted by atomic mass is 10.1. The number of esters is 1. The summed E-state index contributed by atoms with van der Waals surface area (Å²) < 4.78 is 32.7. The molecule has 20 heavy (non-hydrogen) atoms. The van der Waals surface area contributed by atoms with E-state index in [2.05, 4.69) is 0 Å². The van der Waals surface area contributed by atoms with Crippen molar-refractivity contribution in [2.45, 2.75) is 25.2 Å². The first-order chi connectivity index (χ1) is 9.24. The van der Waals surface area contributed by atoms with Crippen LogP contribution in [0.1, 0.15) is 19.4 Å². The van der Waals surface area contributed by atoms with Crippen molar-refractivity contribution in [3.63, 3.8) is 0 Å². The maximum absolute atomic E-state index is 11.7. The minimum absolute atomic E-state index is 0.0733. The summed E-state index contributed by atoms with van der Waals surface area (Å²) in [5.74, 6) is 0.201. The Labute approximate surface area is 123 Å². The molecule has 0 fully saturated rings. The lowest BCUT2D eigenvalue weighted by molar-refractivity contribution is -0.143. The van der Waals surface area contributed by atoms with Gasteiger partial charge in [-0.1, -0.05) is 13.8 Å². The summed E-state index contributed by atoms with van der Waals surface area (Å²) in [6, 6.07) is 4.10. The molecule has 112 valence electrons. The molecule has 0 aliphatic heterocycles. The quantitative estimate of drug-likeness (QED) is 0.594. The summed E-state index contributed by atoms with van der Waals surface area (Å²) in [7, 11) is 2.87. The van der Waals surface area contributed by atoms with E-state index in [-0.39, 0.29) is 17.2 Å². The minimum Gasteiger partial charge on any atom is -0.496 e. The molecule has 0 spiro atoms. The molecule has 5 nitrogen and oxygen atoms in total. The molecule has 0 bridgehead atoms. The Morgan fingerprint density at radius 2 is 2.00 bits per heavy atom. The van der Waals surface area contributed by atoms with Gasteiger partial charge in [0.15, 0.2) is 0 Å². The molecular formula is C13H17ClO5S. The van der Waals surface area contributed by atoms with Crippen LogP contribution in [-0.4, -0.2) is 28.1 Å². The molecule has 0 heterocycles. The molecule has 0 saturated heterocycles. The van der Waals surface area contributed by atoms with Crippen LogP contribution in [0, 0.1) is 5.92 Å². The van der Waals surface area contributed by atoms with Crippen LogP contribution >= 0.6 is 10.7 Å². The van der Waals surface area contributed by atoms with Crippen molar-refractivity contribution >= 4 is 25.7 Å². The maximum atomic E-state index is 11.7. The van der Waals surface area contributed by atoms with Crippen LogP contribution in [0.15, 0.2) is 23.1 Å². The summed E-state index contributed by atoms with van der Waals surface area (Å²) in [6.07, 6.45) is -0.0733. The summed E-state index contributed by atoms with van der Waals surface area (Å²) in [5.41, 5.74) is 0.419. The van der Waals surface area contributed by atoms with Gasteiger partial charge >= 0.3 is 5.97 Å². The number of ether oxygens (including phenoxy) is 2. The van der Waals surface area contributed by atoms with Gasteiger partial charge in [0.05, 0.1) is 25.0 Å². The van der Waals surface area contributed by atoms with E-state index < -0.39 is 15.0 Å². The van der Waals surface area contributed by atoms with E-state index in [1.54, 1.807) is 0 Å². The zero-order valence-corrected chi connectivity index (χ0v) is 13.1. The van der Waals surface area contributed by atoms with E-state index in [1.807, 2.05) is 13.8 Å². The van der Waals surface area contributed by atoms with Crippen LogP contribution in [0.4, 0.5) is 0 Å². The Kier molecular flexibility index (Phi) is 5.83. The van der Waals surface area contributed by atoms with Gasteiger partial charge in [-0.3, -0.25) is 4.79 Å². The van der Waals surface area contributed by atoms with Crippen molar-refractivity contribution in [3.8, 4) is 5.75 Å². The van der Waals surface area contributed by atoms with Crippen LogP contribution in [0.2, 0.25) is 0 Å². The fraction of sp³-hybridized carbons (Fsp3) is 0.462. The van der Waals surface area contributed by atoms with Crippen molar-refractivity contribution in [1.29, 1.82) is 0 Å². The normalized spacial score (nSPS) is 11.4. The predicted molar refractivity (Wildman–Crippen MR) is 75.5 cm³/mol. The number of rotatable bonds is 6. The van der Waals surface area contributed by atoms with Gasteiger partial charge in [-0.15, -0.1) is 0 Å². The molecule has 0 aliphatic rings. The van der Waals surface area contributed by atoms with E-state index >= 15 is 0 Å². The van der Waals surface area contributed by atoms with Crippen LogP contribution in [-0.2, 0) is 25.0 Å². The highest BCUT2D eigenvalue weighted by Gasteiger charge is 2.16. The third-order valence-electron chi connectivity index (χ3n) is 2.45. The Hall–Kier alpha value is -1.27. The molecule has 0 amide bonds. The molecule has 0 aliphatic carbocycles. The van der Waals surface area contributed by atoms with Crippen molar-refractivity contribution in [2.24, 2.45) is 5.92 Å². The highest BCUT2D eigenvalue weighted by Crippen LogP contribution is 2.25. The largest absolute Gasteiger partial charge is 0.496 e. The second-order valence-electron chi connectivity index (χ2n) is 4.67. The van der Waals surface area contributed by atoms with E-state index in [9.17, 15) is 13.2 Å². The Balaban J connectivity index is 2.95. The fourth-order valence-electron chi connectivity index (χ4n) is 1.51. The Morgan fingerprint density at radius 3 is 2.50 bits per heavy atom. The number of halogens is 1. The van der Waals surface area contributed by atoms with Crippen LogP contribution in [0.25, 0.3) is 0 Å². The van der Waals surface area contributed by atoms with Gasteiger partial charge in [-0.25, -0.2) is 8.42 Å². The van der Waals surface area contributed by atoms with Crippen molar-refractivity contribution in [3.05, 3.63) is 23.8 Å². The van der Waals surface area contributed by atoms with Crippen LogP contribution in [0.5, 0.6) is 5.75 Å². The average Bonchev–Trinajstić information content (AvgIpc) is 2.35. The van der Waals surface area contributed by atoms with Gasteiger partial charge in [-0.05, 0) is 24.1 Å². The lowest BCUT2D eigenvalue weighted by Gasteiger charge is -2.11. The summed E-state index contributed by atoms with van der Waals surface area (Å²) >= 11 is 0. The molecule has 0 unspecified atom stereocenters. The third kappa shape index (κ3) is 5.02. The van der Waals surface area contributed by atoms with E-state index in [0.717, 1.165) is 0 Å². The summed E-state index contributed by atoms with van der Waals surface area (Å²) in [6.45, 7) is 4.16. The molecule has 0 saturated carbocycles. The molecule has 1 aromatic carbocycles. The first-order valence-electron chi connectivity index (χ1n) is 6.01. The average molecular weight is 321 g/mol. The lowest BCUT2D eigenvalue weighted by Crippen LogP contribution is -2.13. The third-order valence-corrected chi connectivity index (χ3v) is 3.80. The predicted octanol–water partition coefficient (Wildman–Crippen LogP) is 2.36. The molecule has 0 N–H and O–H groups in total. The smallest absolute Gasteiger partial charge is 0.310 e. The number of carbonyl (C=O) groups excluding carboxylic acids is 1. The molecule has 0 aromatic heterocycles. The number of carbonyl (C=O) groups is 1. The monoisotopic (exact) mass is 320 g/mol. The van der Waals surface area contributed by atoms with Gasteiger partial charge < -0.3 is 9.47 Å². The zero-order chi connectivity index (χ0) is 15.3. The Bertz CT molecular complexity index is 580. The highest BCUT2D eigenvalue weighted by atomic mass is 35.7. The number of hydrogen-bond donors (Lipinski definition) is 0. The van der Waals surface area contributed by atoms with E-state index in [0.29, 0.717) is 17.9 Å². The zero-order valence-electron chi connectivity index (χ0n) is 11.6. The molecule has 0 atom stereocenters. The minimum atomic E-state index is -3.85. The van der Waals surface area contributed by atoms with Gasteiger partial charge in [0.2, 0.25) is 0 Å². The maximum Gasteiger partial charge on any atom is 0.310 e. The van der Waals surface area contributed by atoms with Gasteiger partial charge in [0, 0.05) is 16.2 Å². The standard InChI is InChI=1S/C13H17ClO5S/c1-9(2)8-19-13(15)7-10-6-11(20(14,16)17)4-5-12(10)18-3/h4-6,9H,7-8H2,1-3H3. The van der Waals surface area contributed by atoms with Crippen molar-refractivity contribution in [2.75, 3.05) is 13.7 Å². The molecule has 1 aromatic rings. The van der Waals surface area contributed by atoms with Gasteiger partial charge in [0.25, 0.3) is 9.05 Å². The summed E-state index contributed by atoms with van der Waals surface area (Å²) in [5, 5.41) is 0. The second-order valence-corrected chi connectivity index (χ2v) is 7.23. The first kappa shape index (κ1) is 16.8. The molecule has 1 rings (SSSR count). The van der Waals surface area contributed by atoms with E-state index in [1.165, 1.54) is 25.3 Å². The van der Waals surface area contributed by atoms with Gasteiger partial charge in [-0.2, -0.15) is 0 Å². The second kappa shape index (κ2) is 6.95.